The molecule has 10 heteroatoms. The molecule has 0 aromatic carbocycles. The fraction of sp³-hybridized carbons (Fsp3) is 0.667. The topological polar surface area (TPSA) is 111 Å². The molecule has 0 aromatic rings. The number of phosphoric ester groups is 1. The molecule has 2 atom stereocenters. The van der Waals surface area contributed by atoms with Gasteiger partial charge in [-0.05, 0) is 103 Å². The van der Waals surface area contributed by atoms with Gasteiger partial charge in [0.1, 0.15) is 19.8 Å². The number of ether oxygens (including phenoxy) is 2. The van der Waals surface area contributed by atoms with Gasteiger partial charge in [0, 0.05) is 12.8 Å². The molecule has 0 aromatic heterocycles. The number of carbonyl (C=O) groups is 2. The number of hydrogen-bond acceptors (Lipinski definition) is 8. The zero-order valence-corrected chi connectivity index (χ0v) is 46.1. The van der Waals surface area contributed by atoms with Gasteiger partial charge in [-0.2, -0.15) is 0 Å². The fourth-order valence-corrected chi connectivity index (χ4v) is 7.75. The van der Waals surface area contributed by atoms with E-state index in [9.17, 15) is 19.0 Å². The van der Waals surface area contributed by atoms with Crippen LogP contribution in [0.2, 0.25) is 0 Å². The maximum Gasteiger partial charge on any atom is 0.306 e. The maximum atomic E-state index is 12.8. The van der Waals surface area contributed by atoms with Crippen LogP contribution in [0.25, 0.3) is 0 Å². The summed E-state index contributed by atoms with van der Waals surface area (Å²) in [6.45, 7) is 4.06. The summed E-state index contributed by atoms with van der Waals surface area (Å²) in [7, 11) is 1.13. The normalized spacial score (nSPS) is 14.2. The molecule has 0 bridgehead atoms. The van der Waals surface area contributed by atoms with E-state index < -0.39 is 32.5 Å². The Morgan fingerprint density at radius 1 is 0.457 bits per heavy atom. The van der Waals surface area contributed by atoms with Crippen molar-refractivity contribution < 1.29 is 42.1 Å². The van der Waals surface area contributed by atoms with Crippen molar-refractivity contribution >= 4 is 19.8 Å². The number of esters is 2. The minimum Gasteiger partial charge on any atom is -0.756 e. The summed E-state index contributed by atoms with van der Waals surface area (Å²) in [5, 5.41) is 0. The highest BCUT2D eigenvalue weighted by atomic mass is 31.2. The molecule has 9 nitrogen and oxygen atoms in total. The largest absolute Gasteiger partial charge is 0.756 e. The van der Waals surface area contributed by atoms with Gasteiger partial charge in [-0.1, -0.05) is 200 Å². The lowest BCUT2D eigenvalue weighted by Gasteiger charge is -2.28. The lowest BCUT2D eigenvalue weighted by molar-refractivity contribution is -0.870. The monoisotopic (exact) mass is 996 g/mol. The number of rotatable bonds is 49. The van der Waals surface area contributed by atoms with E-state index in [1.54, 1.807) is 0 Å². The van der Waals surface area contributed by atoms with Gasteiger partial charge in [0.05, 0.1) is 27.7 Å². The van der Waals surface area contributed by atoms with Crippen LogP contribution in [0.1, 0.15) is 206 Å². The molecule has 0 aliphatic rings. The van der Waals surface area contributed by atoms with Crippen molar-refractivity contribution in [2.45, 2.75) is 213 Å². The molecule has 0 amide bonds. The molecule has 70 heavy (non-hydrogen) atoms. The Hall–Kier alpha value is -3.33. The number of allylic oxidation sites excluding steroid dienone is 18. The first-order valence-corrected chi connectivity index (χ1v) is 29.1. The Morgan fingerprint density at radius 2 is 0.814 bits per heavy atom. The van der Waals surface area contributed by atoms with Gasteiger partial charge in [-0.15, -0.1) is 0 Å². The van der Waals surface area contributed by atoms with Gasteiger partial charge in [0.2, 0.25) is 0 Å². The lowest BCUT2D eigenvalue weighted by Crippen LogP contribution is -2.37. The van der Waals surface area contributed by atoms with E-state index in [1.807, 2.05) is 21.1 Å². The van der Waals surface area contributed by atoms with Crippen LogP contribution < -0.4 is 4.89 Å². The van der Waals surface area contributed by atoms with Crippen molar-refractivity contribution in [3.63, 3.8) is 0 Å². The molecule has 0 saturated carbocycles. The number of carbonyl (C=O) groups excluding carboxylic acids is 2. The third-order valence-corrected chi connectivity index (χ3v) is 12.2. The number of quaternary nitrogens is 1. The third kappa shape index (κ3) is 54.0. The molecule has 0 saturated heterocycles. The maximum absolute atomic E-state index is 12.8. The highest BCUT2D eigenvalue weighted by molar-refractivity contribution is 7.45. The van der Waals surface area contributed by atoms with Crippen LogP contribution in [0.3, 0.4) is 0 Å². The minimum absolute atomic E-state index is 0.0439. The van der Waals surface area contributed by atoms with E-state index in [2.05, 4.69) is 123 Å². The summed E-state index contributed by atoms with van der Waals surface area (Å²) < 4.78 is 34.1. The Morgan fingerprint density at radius 3 is 1.21 bits per heavy atom. The second-order valence-corrected chi connectivity index (χ2v) is 20.6. The first kappa shape index (κ1) is 66.7. The van der Waals surface area contributed by atoms with Gasteiger partial charge in [-0.3, -0.25) is 14.2 Å². The zero-order valence-electron chi connectivity index (χ0n) is 45.2. The Kier molecular flexibility index (Phi) is 48.2. The molecule has 0 aliphatic heterocycles. The van der Waals surface area contributed by atoms with E-state index in [0.29, 0.717) is 23.9 Å². The highest BCUT2D eigenvalue weighted by Crippen LogP contribution is 2.38. The predicted octanol–water partition coefficient (Wildman–Crippen LogP) is 16.4. The van der Waals surface area contributed by atoms with Crippen LogP contribution in [0.5, 0.6) is 0 Å². The first-order chi connectivity index (χ1) is 34.0. The van der Waals surface area contributed by atoms with Crippen LogP contribution in [0.15, 0.2) is 109 Å². The van der Waals surface area contributed by atoms with E-state index >= 15 is 0 Å². The van der Waals surface area contributed by atoms with Crippen LogP contribution in [-0.4, -0.2) is 70.0 Å². The van der Waals surface area contributed by atoms with Crippen molar-refractivity contribution in [1.82, 2.24) is 0 Å². The third-order valence-electron chi connectivity index (χ3n) is 11.3. The van der Waals surface area contributed by atoms with Gasteiger partial charge in [0.15, 0.2) is 6.10 Å². The average Bonchev–Trinajstić information content (AvgIpc) is 3.32. The quantitative estimate of drug-likeness (QED) is 0.0195. The van der Waals surface area contributed by atoms with Crippen LogP contribution in [0, 0.1) is 0 Å². The Balaban J connectivity index is 4.32. The zero-order chi connectivity index (χ0) is 51.3. The first-order valence-electron chi connectivity index (χ1n) is 27.6. The molecule has 0 N–H and O–H groups in total. The van der Waals surface area contributed by atoms with Crippen molar-refractivity contribution in [1.29, 1.82) is 0 Å². The summed E-state index contributed by atoms with van der Waals surface area (Å²) in [4.78, 5) is 37.8. The molecule has 400 valence electrons. The summed E-state index contributed by atoms with van der Waals surface area (Å²) in [6, 6.07) is 0. The molecule has 0 spiro atoms. The second-order valence-electron chi connectivity index (χ2n) is 19.2. The molecule has 0 rings (SSSR count). The minimum atomic E-state index is -4.65. The van der Waals surface area contributed by atoms with Crippen molar-refractivity contribution in [3.05, 3.63) is 109 Å². The number of hydrogen-bond donors (Lipinski definition) is 0. The van der Waals surface area contributed by atoms with E-state index in [0.717, 1.165) is 103 Å². The molecule has 0 heterocycles. The smallest absolute Gasteiger partial charge is 0.306 e. The van der Waals surface area contributed by atoms with E-state index in [-0.39, 0.29) is 26.1 Å². The molecule has 0 fully saturated rings. The SMILES string of the molecule is CC/C=C\C/C=C\C/C=C\C/C=C\C/C=C\C/C=C\CCCCCCC(=O)OC(COC(=O)CCCCCCCCCC/C=C\C/C=C\C/C=C\CCCCCCC)COP(=O)([O-])OCC[N+](C)(C)C. The van der Waals surface area contributed by atoms with E-state index in [4.69, 9.17) is 18.5 Å². The lowest BCUT2D eigenvalue weighted by atomic mass is 10.1. The van der Waals surface area contributed by atoms with Crippen LogP contribution in [-0.2, 0) is 32.7 Å². The Labute approximate surface area is 429 Å². The van der Waals surface area contributed by atoms with Gasteiger partial charge >= 0.3 is 11.9 Å². The molecular weight excluding hydrogens is 894 g/mol. The van der Waals surface area contributed by atoms with Crippen molar-refractivity contribution in [2.24, 2.45) is 0 Å². The molecular formula is C60H102NO8P. The molecule has 2 unspecified atom stereocenters. The Bertz CT molecular complexity index is 1550. The van der Waals surface area contributed by atoms with Crippen molar-refractivity contribution in [2.75, 3.05) is 47.5 Å². The van der Waals surface area contributed by atoms with Gasteiger partial charge in [0.25, 0.3) is 7.82 Å². The standard InChI is InChI=1S/C60H102NO8P/c1-6-8-10-12-14-16-18-20-22-24-26-28-30-32-34-36-38-40-42-44-46-48-50-52-59(62)66-56-58(57-68-70(64,65)67-55-54-61(3,4)5)69-60(63)53-51-49-47-45-43-41-39-37-35-33-31-29-27-25-23-21-19-17-15-13-11-9-7-2/h9,11,15,17-18,20-21,23-24,26-27,29-30,32-33,35,39,41,58H,6-8,10,12-14,16,19,22,25,28,31,34,36-38,40,42-57H2,1-5H3/b11-9-,17-15-,20-18-,23-21-,26-24-,29-27-,32-30-,35-33-,41-39-. The number of unbranched alkanes of at least 4 members (excludes halogenated alkanes) is 17. The summed E-state index contributed by atoms with van der Waals surface area (Å²) in [6.07, 6.45) is 69.8. The van der Waals surface area contributed by atoms with Crippen LogP contribution >= 0.6 is 7.82 Å². The highest BCUT2D eigenvalue weighted by Gasteiger charge is 2.21. The second kappa shape index (κ2) is 50.6. The summed E-state index contributed by atoms with van der Waals surface area (Å²) in [5.41, 5.74) is 0. The fourth-order valence-electron chi connectivity index (χ4n) is 7.02. The summed E-state index contributed by atoms with van der Waals surface area (Å²) >= 11 is 0. The van der Waals surface area contributed by atoms with E-state index in [1.165, 1.54) is 64.2 Å². The number of phosphoric acid groups is 1. The van der Waals surface area contributed by atoms with Crippen molar-refractivity contribution in [3.8, 4) is 0 Å². The van der Waals surface area contributed by atoms with Crippen LogP contribution in [0.4, 0.5) is 0 Å². The van der Waals surface area contributed by atoms with Gasteiger partial charge in [-0.25, -0.2) is 0 Å². The number of nitrogens with zero attached hydrogens (tertiary/aromatic N) is 1. The predicted molar refractivity (Wildman–Crippen MR) is 295 cm³/mol. The number of likely N-dealkylation sites (N-methyl/N-ethyl adjacent to an activating group) is 1. The molecule has 0 radical (unpaired) electrons. The van der Waals surface area contributed by atoms with Gasteiger partial charge < -0.3 is 27.9 Å². The summed E-state index contributed by atoms with van der Waals surface area (Å²) in [5.74, 6) is -0.878. The molecule has 0 aliphatic carbocycles. The average molecular weight is 996 g/mol.